The highest BCUT2D eigenvalue weighted by Gasteiger charge is 2.17. The molecule has 0 heterocycles. The van der Waals surface area contributed by atoms with Crippen LogP contribution in [0, 0.1) is 0 Å². The SMILES string of the molecule is CCCCCNC(=O)[C@@H](CC)Oc1ccccc1. The number of benzene rings is 1. The monoisotopic (exact) mass is 249 g/mol. The first-order chi connectivity index (χ1) is 8.77. The lowest BCUT2D eigenvalue weighted by atomic mass is 10.2. The Kier molecular flexibility index (Phi) is 6.92. The van der Waals surface area contributed by atoms with E-state index in [9.17, 15) is 4.79 Å². The Morgan fingerprint density at radius 2 is 1.94 bits per heavy atom. The van der Waals surface area contributed by atoms with Crippen molar-refractivity contribution in [3.63, 3.8) is 0 Å². The van der Waals surface area contributed by atoms with Crippen LogP contribution in [0.5, 0.6) is 5.75 Å². The summed E-state index contributed by atoms with van der Waals surface area (Å²) in [6, 6.07) is 9.47. The molecule has 0 aliphatic heterocycles. The van der Waals surface area contributed by atoms with Crippen LogP contribution in [-0.2, 0) is 4.79 Å². The van der Waals surface area contributed by atoms with Crippen molar-refractivity contribution in [2.75, 3.05) is 6.54 Å². The fourth-order valence-corrected chi connectivity index (χ4v) is 1.69. The van der Waals surface area contributed by atoms with Gasteiger partial charge in [-0.05, 0) is 25.0 Å². The van der Waals surface area contributed by atoms with E-state index in [-0.39, 0.29) is 5.91 Å². The summed E-state index contributed by atoms with van der Waals surface area (Å²) >= 11 is 0. The van der Waals surface area contributed by atoms with Crippen molar-refractivity contribution in [3.8, 4) is 5.75 Å². The maximum absolute atomic E-state index is 11.9. The fraction of sp³-hybridized carbons (Fsp3) is 0.533. The van der Waals surface area contributed by atoms with Gasteiger partial charge in [0.15, 0.2) is 6.10 Å². The summed E-state index contributed by atoms with van der Waals surface area (Å²) < 4.78 is 5.67. The first kappa shape index (κ1) is 14.6. The quantitative estimate of drug-likeness (QED) is 0.719. The maximum atomic E-state index is 11.9. The van der Waals surface area contributed by atoms with E-state index < -0.39 is 6.10 Å². The normalized spacial score (nSPS) is 11.9. The average molecular weight is 249 g/mol. The Labute approximate surface area is 110 Å². The number of hydrogen-bond donors (Lipinski definition) is 1. The minimum absolute atomic E-state index is 0.0162. The summed E-state index contributed by atoms with van der Waals surface area (Å²) in [4.78, 5) is 11.9. The van der Waals surface area contributed by atoms with E-state index in [1.54, 1.807) is 0 Å². The van der Waals surface area contributed by atoms with Gasteiger partial charge in [0, 0.05) is 6.54 Å². The third-order valence-corrected chi connectivity index (χ3v) is 2.76. The Morgan fingerprint density at radius 1 is 1.22 bits per heavy atom. The number of hydrogen-bond acceptors (Lipinski definition) is 2. The average Bonchev–Trinajstić information content (AvgIpc) is 2.42. The van der Waals surface area contributed by atoms with Gasteiger partial charge in [-0.3, -0.25) is 4.79 Å². The van der Waals surface area contributed by atoms with Crippen molar-refractivity contribution in [2.24, 2.45) is 0 Å². The van der Waals surface area contributed by atoms with Gasteiger partial charge in [0.1, 0.15) is 5.75 Å². The molecule has 0 bridgehead atoms. The number of para-hydroxylation sites is 1. The summed E-state index contributed by atoms with van der Waals surface area (Å²) in [6.07, 6.45) is 3.62. The molecule has 3 nitrogen and oxygen atoms in total. The molecule has 1 atom stereocenters. The number of ether oxygens (including phenoxy) is 1. The predicted octanol–water partition coefficient (Wildman–Crippen LogP) is 3.15. The second-order valence-corrected chi connectivity index (χ2v) is 4.33. The lowest BCUT2D eigenvalue weighted by Crippen LogP contribution is -2.38. The molecule has 0 fully saturated rings. The molecule has 0 saturated carbocycles. The predicted molar refractivity (Wildman–Crippen MR) is 73.7 cm³/mol. The van der Waals surface area contributed by atoms with Gasteiger partial charge in [-0.15, -0.1) is 0 Å². The molecule has 0 radical (unpaired) electrons. The molecule has 3 heteroatoms. The van der Waals surface area contributed by atoms with Crippen molar-refractivity contribution in [3.05, 3.63) is 30.3 Å². The number of carbonyl (C=O) groups excluding carboxylic acids is 1. The molecule has 0 saturated heterocycles. The second kappa shape index (κ2) is 8.56. The second-order valence-electron chi connectivity index (χ2n) is 4.33. The Morgan fingerprint density at radius 3 is 2.56 bits per heavy atom. The van der Waals surface area contributed by atoms with Crippen LogP contribution in [0.4, 0.5) is 0 Å². The zero-order valence-electron chi connectivity index (χ0n) is 11.3. The molecule has 0 spiro atoms. The number of nitrogens with one attached hydrogen (secondary N) is 1. The number of carbonyl (C=O) groups is 1. The zero-order valence-corrected chi connectivity index (χ0v) is 11.3. The minimum atomic E-state index is -0.394. The topological polar surface area (TPSA) is 38.3 Å². The third kappa shape index (κ3) is 5.21. The number of amides is 1. The van der Waals surface area contributed by atoms with Crippen molar-refractivity contribution < 1.29 is 9.53 Å². The highest BCUT2D eigenvalue weighted by atomic mass is 16.5. The van der Waals surface area contributed by atoms with E-state index in [0.29, 0.717) is 6.42 Å². The maximum Gasteiger partial charge on any atom is 0.261 e. The van der Waals surface area contributed by atoms with Crippen LogP contribution in [0.1, 0.15) is 39.5 Å². The van der Waals surface area contributed by atoms with Crippen LogP contribution in [-0.4, -0.2) is 18.6 Å². The third-order valence-electron chi connectivity index (χ3n) is 2.76. The lowest BCUT2D eigenvalue weighted by molar-refractivity contribution is -0.128. The van der Waals surface area contributed by atoms with Crippen LogP contribution < -0.4 is 10.1 Å². The first-order valence-electron chi connectivity index (χ1n) is 6.77. The van der Waals surface area contributed by atoms with Gasteiger partial charge in [-0.1, -0.05) is 44.9 Å². The first-order valence-corrected chi connectivity index (χ1v) is 6.77. The Balaban J connectivity index is 2.38. The van der Waals surface area contributed by atoms with E-state index in [1.165, 1.54) is 0 Å². The van der Waals surface area contributed by atoms with Crippen LogP contribution in [0.15, 0.2) is 30.3 Å². The highest BCUT2D eigenvalue weighted by Crippen LogP contribution is 2.12. The highest BCUT2D eigenvalue weighted by molar-refractivity contribution is 5.81. The van der Waals surface area contributed by atoms with Crippen LogP contribution in [0.2, 0.25) is 0 Å². The smallest absolute Gasteiger partial charge is 0.261 e. The molecule has 1 aromatic rings. The van der Waals surface area contributed by atoms with Crippen molar-refractivity contribution in [2.45, 2.75) is 45.6 Å². The van der Waals surface area contributed by atoms with Crippen molar-refractivity contribution in [1.29, 1.82) is 0 Å². The molecule has 0 aliphatic carbocycles. The van der Waals surface area contributed by atoms with Gasteiger partial charge in [-0.25, -0.2) is 0 Å². The van der Waals surface area contributed by atoms with Gasteiger partial charge in [0.2, 0.25) is 0 Å². The molecule has 1 amide bonds. The van der Waals surface area contributed by atoms with Crippen LogP contribution in [0.25, 0.3) is 0 Å². The zero-order chi connectivity index (χ0) is 13.2. The summed E-state index contributed by atoms with van der Waals surface area (Å²) in [6.45, 7) is 4.84. The molecule has 100 valence electrons. The summed E-state index contributed by atoms with van der Waals surface area (Å²) in [5.74, 6) is 0.727. The van der Waals surface area contributed by atoms with Gasteiger partial charge in [0.25, 0.3) is 5.91 Å². The van der Waals surface area contributed by atoms with E-state index >= 15 is 0 Å². The largest absolute Gasteiger partial charge is 0.481 e. The minimum Gasteiger partial charge on any atom is -0.481 e. The molecular formula is C15H23NO2. The standard InChI is InChI=1S/C15H23NO2/c1-3-5-9-12-16-15(17)14(4-2)18-13-10-7-6-8-11-13/h6-8,10-11,14H,3-5,9,12H2,1-2H3,(H,16,17)/t14-/m1/s1. The van der Waals surface area contributed by atoms with Crippen molar-refractivity contribution in [1.82, 2.24) is 5.32 Å². The Hall–Kier alpha value is -1.51. The summed E-state index contributed by atoms with van der Waals surface area (Å²) in [5, 5.41) is 2.92. The van der Waals surface area contributed by atoms with Gasteiger partial charge in [-0.2, -0.15) is 0 Å². The fourth-order valence-electron chi connectivity index (χ4n) is 1.69. The van der Waals surface area contributed by atoms with Gasteiger partial charge >= 0.3 is 0 Å². The van der Waals surface area contributed by atoms with Gasteiger partial charge < -0.3 is 10.1 Å². The molecular weight excluding hydrogens is 226 g/mol. The van der Waals surface area contributed by atoms with Crippen LogP contribution >= 0.6 is 0 Å². The Bertz CT molecular complexity index is 338. The summed E-state index contributed by atoms with van der Waals surface area (Å²) in [5.41, 5.74) is 0. The number of unbranched alkanes of at least 4 members (excludes halogenated alkanes) is 2. The molecule has 1 rings (SSSR count). The van der Waals surface area contributed by atoms with Crippen LogP contribution in [0.3, 0.4) is 0 Å². The van der Waals surface area contributed by atoms with E-state index in [2.05, 4.69) is 12.2 Å². The number of rotatable bonds is 8. The molecule has 1 N–H and O–H groups in total. The molecule has 0 aromatic heterocycles. The molecule has 0 unspecified atom stereocenters. The van der Waals surface area contributed by atoms with Crippen molar-refractivity contribution >= 4 is 5.91 Å². The molecule has 18 heavy (non-hydrogen) atoms. The van der Waals surface area contributed by atoms with Gasteiger partial charge in [0.05, 0.1) is 0 Å². The van der Waals surface area contributed by atoms with E-state index in [4.69, 9.17) is 4.74 Å². The van der Waals surface area contributed by atoms with E-state index in [1.807, 2.05) is 37.3 Å². The molecule has 1 aromatic carbocycles. The summed E-state index contributed by atoms with van der Waals surface area (Å²) in [7, 11) is 0. The van der Waals surface area contributed by atoms with E-state index in [0.717, 1.165) is 31.6 Å². The lowest BCUT2D eigenvalue weighted by Gasteiger charge is -2.17. The molecule has 0 aliphatic rings.